The van der Waals surface area contributed by atoms with Crippen molar-refractivity contribution in [3.8, 4) is 22.5 Å². The van der Waals surface area contributed by atoms with Gasteiger partial charge in [-0.15, -0.1) is 0 Å². The van der Waals surface area contributed by atoms with Crippen LogP contribution in [0.5, 0.6) is 0 Å². The second kappa shape index (κ2) is 6.16. The summed E-state index contributed by atoms with van der Waals surface area (Å²) >= 11 is 0. The van der Waals surface area contributed by atoms with E-state index >= 15 is 0 Å². The molecule has 4 aromatic rings. The number of rotatable bonds is 2. The number of alkyl halides is 3. The Kier molecular flexibility index (Phi) is 3.91. The molecule has 0 amide bonds. The summed E-state index contributed by atoms with van der Waals surface area (Å²) in [5.74, 6) is 0. The van der Waals surface area contributed by atoms with Gasteiger partial charge in [0.25, 0.3) is 0 Å². The fourth-order valence-electron chi connectivity index (χ4n) is 3.37. The first-order chi connectivity index (χ1) is 12.9. The minimum Gasteiger partial charge on any atom is -0.396 e. The lowest BCUT2D eigenvalue weighted by atomic mass is 10.0. The van der Waals surface area contributed by atoms with E-state index in [0.717, 1.165) is 11.6 Å². The van der Waals surface area contributed by atoms with Crippen LogP contribution in [0.1, 0.15) is 5.56 Å². The molecule has 2 N–H and O–H groups in total. The first-order valence-corrected chi connectivity index (χ1v) is 8.35. The average Bonchev–Trinajstić information content (AvgIpc) is 2.92. The molecule has 2 aromatic carbocycles. The van der Waals surface area contributed by atoms with E-state index in [1.165, 1.54) is 0 Å². The van der Waals surface area contributed by atoms with E-state index in [-0.39, 0.29) is 22.4 Å². The molecule has 0 saturated carbocycles. The molecule has 0 aliphatic carbocycles. The van der Waals surface area contributed by atoms with Gasteiger partial charge >= 0.3 is 6.18 Å². The van der Waals surface area contributed by atoms with Gasteiger partial charge in [0.1, 0.15) is 5.65 Å². The molecule has 2 heterocycles. The normalized spacial score (nSPS) is 11.9. The van der Waals surface area contributed by atoms with Crippen LogP contribution in [0.4, 0.5) is 18.9 Å². The van der Waals surface area contributed by atoms with Crippen LogP contribution >= 0.6 is 0 Å². The number of nitrogen functional groups attached to an aromatic ring is 1. The number of nitrogens with zero attached hydrogens (tertiary/aromatic N) is 2. The number of hydrogen-bond acceptors (Lipinski definition) is 2. The highest BCUT2D eigenvalue weighted by atomic mass is 19.4. The Balaban J connectivity index is 2.09. The van der Waals surface area contributed by atoms with Crippen molar-refractivity contribution in [3.05, 3.63) is 72.3 Å². The van der Waals surface area contributed by atoms with Crippen molar-refractivity contribution in [1.29, 1.82) is 0 Å². The minimum absolute atomic E-state index is 0.0662. The number of fused-ring (bicyclic) bond motifs is 1. The Bertz CT molecular complexity index is 1110. The molecule has 0 atom stereocenters. The molecule has 0 aliphatic rings. The van der Waals surface area contributed by atoms with Crippen LogP contribution < -0.4 is 5.73 Å². The lowest BCUT2D eigenvalue weighted by Gasteiger charge is -2.11. The van der Waals surface area contributed by atoms with Crippen molar-refractivity contribution in [2.24, 2.45) is 7.05 Å². The number of pyridine rings is 1. The number of nitrogens with two attached hydrogens (primary N) is 1. The molecule has 4 rings (SSSR count). The third-order valence-electron chi connectivity index (χ3n) is 4.60. The highest BCUT2D eigenvalue weighted by Gasteiger charge is 2.36. The Hall–Kier alpha value is -3.28. The van der Waals surface area contributed by atoms with E-state index in [9.17, 15) is 13.2 Å². The van der Waals surface area contributed by atoms with Gasteiger partial charge in [-0.05, 0) is 6.07 Å². The van der Waals surface area contributed by atoms with Gasteiger partial charge in [-0.1, -0.05) is 60.7 Å². The van der Waals surface area contributed by atoms with Crippen molar-refractivity contribution in [1.82, 2.24) is 9.55 Å². The van der Waals surface area contributed by atoms with Gasteiger partial charge in [-0.2, -0.15) is 13.2 Å². The average molecular weight is 367 g/mol. The van der Waals surface area contributed by atoms with Crippen LogP contribution in [0.15, 0.2) is 66.7 Å². The monoisotopic (exact) mass is 367 g/mol. The Morgan fingerprint density at radius 1 is 0.889 bits per heavy atom. The number of hydrogen-bond donors (Lipinski definition) is 1. The van der Waals surface area contributed by atoms with E-state index in [4.69, 9.17) is 5.73 Å². The number of anilines is 1. The maximum Gasteiger partial charge on any atom is 0.417 e. The van der Waals surface area contributed by atoms with Gasteiger partial charge in [0, 0.05) is 18.2 Å². The first kappa shape index (κ1) is 17.1. The SMILES string of the molecule is Cn1c(-c2ccccc2)c(N)c2c(C(F)(F)F)cc(-c3ccccc3)nc21. The number of aryl methyl sites for hydroxylation is 1. The van der Waals surface area contributed by atoms with Crippen molar-refractivity contribution in [2.45, 2.75) is 6.18 Å². The molecule has 0 aliphatic heterocycles. The second-order valence-electron chi connectivity index (χ2n) is 6.30. The molecular weight excluding hydrogens is 351 g/mol. The van der Waals surface area contributed by atoms with Gasteiger partial charge in [0.05, 0.1) is 28.0 Å². The summed E-state index contributed by atoms with van der Waals surface area (Å²) in [6.45, 7) is 0. The van der Waals surface area contributed by atoms with Crippen molar-refractivity contribution in [3.63, 3.8) is 0 Å². The largest absolute Gasteiger partial charge is 0.417 e. The fraction of sp³-hybridized carbons (Fsp3) is 0.0952. The van der Waals surface area contributed by atoms with Crippen molar-refractivity contribution >= 4 is 16.7 Å². The smallest absolute Gasteiger partial charge is 0.396 e. The molecule has 6 heteroatoms. The number of aromatic nitrogens is 2. The third kappa shape index (κ3) is 2.83. The quantitative estimate of drug-likeness (QED) is 0.508. The molecule has 0 bridgehead atoms. The maximum atomic E-state index is 13.8. The molecule has 2 aromatic heterocycles. The Morgan fingerprint density at radius 2 is 1.44 bits per heavy atom. The van der Waals surface area contributed by atoms with E-state index in [1.54, 1.807) is 41.9 Å². The molecule has 3 nitrogen and oxygen atoms in total. The molecule has 136 valence electrons. The topological polar surface area (TPSA) is 43.8 Å². The van der Waals surface area contributed by atoms with Gasteiger partial charge < -0.3 is 10.3 Å². The predicted octanol–water partition coefficient (Wildman–Crippen LogP) is 5.51. The van der Waals surface area contributed by atoms with Crippen LogP contribution in [0, 0.1) is 0 Å². The number of halogens is 3. The van der Waals surface area contributed by atoms with Crippen LogP contribution in [0.2, 0.25) is 0 Å². The van der Waals surface area contributed by atoms with E-state index in [1.807, 2.05) is 30.3 Å². The lowest BCUT2D eigenvalue weighted by Crippen LogP contribution is -2.08. The highest BCUT2D eigenvalue weighted by molar-refractivity contribution is 6.02. The molecular formula is C21H16F3N3. The second-order valence-corrected chi connectivity index (χ2v) is 6.30. The van der Waals surface area contributed by atoms with Crippen molar-refractivity contribution < 1.29 is 13.2 Å². The van der Waals surface area contributed by atoms with Gasteiger partial charge in [0.2, 0.25) is 0 Å². The summed E-state index contributed by atoms with van der Waals surface area (Å²) in [5, 5.41) is -0.0662. The highest BCUT2D eigenvalue weighted by Crippen LogP contribution is 2.43. The predicted molar refractivity (Wildman–Crippen MR) is 101 cm³/mol. The zero-order chi connectivity index (χ0) is 19.2. The Morgan fingerprint density at radius 3 is 2.00 bits per heavy atom. The van der Waals surface area contributed by atoms with Crippen LogP contribution in [0.25, 0.3) is 33.5 Å². The molecule has 0 radical (unpaired) electrons. The van der Waals surface area contributed by atoms with E-state index in [0.29, 0.717) is 11.3 Å². The van der Waals surface area contributed by atoms with Gasteiger partial charge in [0.15, 0.2) is 0 Å². The molecule has 0 fully saturated rings. The van der Waals surface area contributed by atoms with E-state index < -0.39 is 11.7 Å². The maximum absolute atomic E-state index is 13.8. The minimum atomic E-state index is -4.55. The van der Waals surface area contributed by atoms with Crippen molar-refractivity contribution in [2.75, 3.05) is 5.73 Å². The summed E-state index contributed by atoms with van der Waals surface area (Å²) in [7, 11) is 1.68. The summed E-state index contributed by atoms with van der Waals surface area (Å²) in [4.78, 5) is 4.51. The standard InChI is InChI=1S/C21H16F3N3/c1-27-19(14-10-6-3-7-11-14)18(25)17-15(21(22,23)24)12-16(26-20(17)27)13-8-4-2-5-9-13/h2-12H,25H2,1H3. The van der Waals surface area contributed by atoms with Gasteiger partial charge in [-0.25, -0.2) is 4.98 Å². The fourth-order valence-corrected chi connectivity index (χ4v) is 3.37. The summed E-state index contributed by atoms with van der Waals surface area (Å²) < 4.78 is 43.2. The molecule has 27 heavy (non-hydrogen) atoms. The third-order valence-corrected chi connectivity index (χ3v) is 4.60. The van der Waals surface area contributed by atoms with Crippen LogP contribution in [-0.2, 0) is 13.2 Å². The van der Waals surface area contributed by atoms with Crippen LogP contribution in [-0.4, -0.2) is 9.55 Å². The zero-order valence-electron chi connectivity index (χ0n) is 14.5. The van der Waals surface area contributed by atoms with Crippen LogP contribution in [0.3, 0.4) is 0 Å². The summed E-state index contributed by atoms with van der Waals surface area (Å²) in [6, 6.07) is 19.0. The van der Waals surface area contributed by atoms with E-state index in [2.05, 4.69) is 4.98 Å². The molecule has 0 saturated heterocycles. The zero-order valence-corrected chi connectivity index (χ0v) is 14.5. The molecule has 0 unspecified atom stereocenters. The lowest BCUT2D eigenvalue weighted by molar-refractivity contribution is -0.136. The first-order valence-electron chi connectivity index (χ1n) is 8.35. The number of benzene rings is 2. The summed E-state index contributed by atoms with van der Waals surface area (Å²) in [5.41, 5.74) is 7.85. The molecule has 0 spiro atoms. The van der Waals surface area contributed by atoms with Gasteiger partial charge in [-0.3, -0.25) is 0 Å². The Labute approximate surface area is 153 Å². The summed E-state index contributed by atoms with van der Waals surface area (Å²) in [6.07, 6.45) is -4.55.